The lowest BCUT2D eigenvalue weighted by atomic mass is 10.1. The fourth-order valence-electron chi connectivity index (χ4n) is 1.42. The van der Waals surface area contributed by atoms with Crippen LogP contribution in [0.4, 0.5) is 0 Å². The largest absolute Gasteiger partial charge is 0.461 e. The van der Waals surface area contributed by atoms with Crippen LogP contribution in [-0.2, 0) is 16.1 Å². The van der Waals surface area contributed by atoms with E-state index in [1.807, 2.05) is 26.0 Å². The van der Waals surface area contributed by atoms with E-state index in [1.165, 1.54) is 11.1 Å². The number of carbonyl (C=O) groups is 1. The predicted molar refractivity (Wildman–Crippen MR) is 56.0 cm³/mol. The number of rotatable bonds is 3. The van der Waals surface area contributed by atoms with Gasteiger partial charge in [0.1, 0.15) is 6.61 Å². The van der Waals surface area contributed by atoms with Crippen LogP contribution in [0.1, 0.15) is 30.0 Å². The number of hydrogen-bond donors (Lipinski definition) is 0. The number of carbonyl (C=O) groups excluding carboxylic acids is 1. The van der Waals surface area contributed by atoms with Crippen LogP contribution < -0.4 is 0 Å². The highest BCUT2D eigenvalue weighted by Crippen LogP contribution is 2.10. The quantitative estimate of drug-likeness (QED) is 0.688. The predicted octanol–water partition coefficient (Wildman–Crippen LogP) is 2.76. The van der Waals surface area contributed by atoms with Crippen molar-refractivity contribution in [1.82, 2.24) is 0 Å². The number of esters is 1. The van der Waals surface area contributed by atoms with Gasteiger partial charge in [-0.25, -0.2) is 0 Å². The van der Waals surface area contributed by atoms with Crippen molar-refractivity contribution in [3.05, 3.63) is 34.9 Å². The molecule has 0 aliphatic rings. The molecule has 76 valence electrons. The van der Waals surface area contributed by atoms with E-state index in [-0.39, 0.29) is 5.97 Å². The smallest absolute Gasteiger partial charge is 0.305 e. The van der Waals surface area contributed by atoms with Gasteiger partial charge in [-0.2, -0.15) is 0 Å². The third-order valence-electron chi connectivity index (χ3n) is 1.97. The molecule has 1 aromatic carbocycles. The first-order valence-electron chi connectivity index (χ1n) is 4.84. The molecule has 0 N–H and O–H groups in total. The Morgan fingerprint density at radius 2 is 1.79 bits per heavy atom. The normalized spacial score (nSPS) is 9.93. The minimum atomic E-state index is -0.149. The Hall–Kier alpha value is -1.31. The molecule has 0 saturated carbocycles. The van der Waals surface area contributed by atoms with E-state index in [1.54, 1.807) is 6.92 Å². The molecule has 0 aliphatic heterocycles. The van der Waals surface area contributed by atoms with E-state index in [2.05, 4.69) is 6.07 Å². The molecule has 1 aromatic rings. The number of ether oxygens (including phenoxy) is 1. The molecule has 2 nitrogen and oxygen atoms in total. The monoisotopic (exact) mass is 192 g/mol. The fraction of sp³-hybridized carbons (Fsp3) is 0.417. The van der Waals surface area contributed by atoms with Gasteiger partial charge in [0.05, 0.1) is 0 Å². The third kappa shape index (κ3) is 3.21. The van der Waals surface area contributed by atoms with Gasteiger partial charge in [-0.05, 0) is 19.4 Å². The van der Waals surface area contributed by atoms with Crippen molar-refractivity contribution in [1.29, 1.82) is 0 Å². The summed E-state index contributed by atoms with van der Waals surface area (Å²) in [5.41, 5.74) is 3.46. The van der Waals surface area contributed by atoms with E-state index < -0.39 is 0 Å². The second-order valence-electron chi connectivity index (χ2n) is 3.51. The van der Waals surface area contributed by atoms with E-state index in [4.69, 9.17) is 4.74 Å². The molecular weight excluding hydrogens is 176 g/mol. The number of hydrogen-bond acceptors (Lipinski definition) is 2. The minimum absolute atomic E-state index is 0.149. The third-order valence-corrected chi connectivity index (χ3v) is 1.97. The summed E-state index contributed by atoms with van der Waals surface area (Å²) in [6.07, 6.45) is 0.435. The average molecular weight is 192 g/mol. The Morgan fingerprint density at radius 1 is 1.21 bits per heavy atom. The first-order chi connectivity index (χ1) is 6.61. The van der Waals surface area contributed by atoms with Crippen LogP contribution in [-0.4, -0.2) is 5.97 Å². The molecule has 0 atom stereocenters. The Balaban J connectivity index is 2.63. The Labute approximate surface area is 84.9 Å². The zero-order chi connectivity index (χ0) is 10.6. The average Bonchev–Trinajstić information content (AvgIpc) is 2.12. The first kappa shape index (κ1) is 10.8. The van der Waals surface area contributed by atoms with Crippen molar-refractivity contribution in [3.63, 3.8) is 0 Å². The number of benzene rings is 1. The zero-order valence-corrected chi connectivity index (χ0v) is 8.96. The Bertz CT molecular complexity index is 309. The molecule has 0 fully saturated rings. The summed E-state index contributed by atoms with van der Waals surface area (Å²) in [5, 5.41) is 0. The van der Waals surface area contributed by atoms with Gasteiger partial charge in [-0.1, -0.05) is 36.2 Å². The van der Waals surface area contributed by atoms with Crippen LogP contribution in [0.3, 0.4) is 0 Å². The molecule has 0 spiro atoms. The van der Waals surface area contributed by atoms with E-state index in [9.17, 15) is 4.79 Å². The van der Waals surface area contributed by atoms with Gasteiger partial charge in [0.15, 0.2) is 0 Å². The van der Waals surface area contributed by atoms with Crippen molar-refractivity contribution in [2.24, 2.45) is 0 Å². The van der Waals surface area contributed by atoms with Gasteiger partial charge < -0.3 is 4.74 Å². The van der Waals surface area contributed by atoms with Gasteiger partial charge in [0.25, 0.3) is 0 Å². The van der Waals surface area contributed by atoms with Gasteiger partial charge in [-0.15, -0.1) is 0 Å². The van der Waals surface area contributed by atoms with Crippen LogP contribution in [0.25, 0.3) is 0 Å². The van der Waals surface area contributed by atoms with Crippen LogP contribution in [0.2, 0.25) is 0 Å². The molecule has 0 bridgehead atoms. The maximum atomic E-state index is 10.9. The van der Waals surface area contributed by atoms with E-state index >= 15 is 0 Å². The Kier molecular flexibility index (Phi) is 3.69. The molecule has 0 saturated heterocycles. The lowest BCUT2D eigenvalue weighted by Gasteiger charge is -2.05. The highest BCUT2D eigenvalue weighted by atomic mass is 16.5. The van der Waals surface area contributed by atoms with E-state index in [0.29, 0.717) is 13.0 Å². The van der Waals surface area contributed by atoms with Crippen molar-refractivity contribution in [3.8, 4) is 0 Å². The van der Waals surface area contributed by atoms with Crippen LogP contribution >= 0.6 is 0 Å². The molecule has 0 aliphatic carbocycles. The molecular formula is C12H16O2. The van der Waals surface area contributed by atoms with Crippen molar-refractivity contribution < 1.29 is 9.53 Å². The highest BCUT2D eigenvalue weighted by Gasteiger charge is 2.00. The standard InChI is InChI=1S/C12H16O2/c1-4-12(13)14-8-11-6-9(2)5-10(3)7-11/h5-7H,4,8H2,1-3H3. The van der Waals surface area contributed by atoms with Crippen molar-refractivity contribution in [2.75, 3.05) is 0 Å². The highest BCUT2D eigenvalue weighted by molar-refractivity contribution is 5.68. The maximum Gasteiger partial charge on any atom is 0.305 e. The molecule has 0 amide bonds. The van der Waals surface area contributed by atoms with Crippen molar-refractivity contribution in [2.45, 2.75) is 33.8 Å². The van der Waals surface area contributed by atoms with Crippen LogP contribution in [0, 0.1) is 13.8 Å². The first-order valence-corrected chi connectivity index (χ1v) is 4.84. The van der Waals surface area contributed by atoms with Crippen molar-refractivity contribution >= 4 is 5.97 Å². The Morgan fingerprint density at radius 3 is 2.29 bits per heavy atom. The lowest BCUT2D eigenvalue weighted by molar-refractivity contribution is -0.144. The second-order valence-corrected chi connectivity index (χ2v) is 3.51. The summed E-state index contributed by atoms with van der Waals surface area (Å²) in [5.74, 6) is -0.149. The van der Waals surface area contributed by atoms with E-state index in [0.717, 1.165) is 5.56 Å². The molecule has 1 rings (SSSR count). The molecule has 0 heterocycles. The van der Waals surface area contributed by atoms with Gasteiger partial charge in [0, 0.05) is 6.42 Å². The molecule has 0 aromatic heterocycles. The lowest BCUT2D eigenvalue weighted by Crippen LogP contribution is -2.02. The molecule has 14 heavy (non-hydrogen) atoms. The topological polar surface area (TPSA) is 26.3 Å². The van der Waals surface area contributed by atoms with Crippen LogP contribution in [0.15, 0.2) is 18.2 Å². The summed E-state index contributed by atoms with van der Waals surface area (Å²) in [6, 6.07) is 6.18. The zero-order valence-electron chi connectivity index (χ0n) is 8.96. The van der Waals surface area contributed by atoms with Gasteiger partial charge in [-0.3, -0.25) is 4.79 Å². The summed E-state index contributed by atoms with van der Waals surface area (Å²) in [7, 11) is 0. The molecule has 0 unspecified atom stereocenters. The van der Waals surface area contributed by atoms with Crippen LogP contribution in [0.5, 0.6) is 0 Å². The molecule has 0 radical (unpaired) electrons. The summed E-state index contributed by atoms with van der Waals surface area (Å²) >= 11 is 0. The fourth-order valence-corrected chi connectivity index (χ4v) is 1.42. The second kappa shape index (κ2) is 4.80. The van der Waals surface area contributed by atoms with Gasteiger partial charge in [0.2, 0.25) is 0 Å². The summed E-state index contributed by atoms with van der Waals surface area (Å²) in [4.78, 5) is 10.9. The number of aryl methyl sites for hydroxylation is 2. The van der Waals surface area contributed by atoms with Gasteiger partial charge >= 0.3 is 5.97 Å². The SMILES string of the molecule is CCC(=O)OCc1cc(C)cc(C)c1. The summed E-state index contributed by atoms with van der Waals surface area (Å²) < 4.78 is 5.05. The maximum absolute atomic E-state index is 10.9. The molecule has 2 heteroatoms. The minimum Gasteiger partial charge on any atom is -0.461 e. The summed E-state index contributed by atoms with van der Waals surface area (Å²) in [6.45, 7) is 6.26.